The molecule has 0 amide bonds. The van der Waals surface area contributed by atoms with E-state index < -0.39 is 72.5 Å². The van der Waals surface area contributed by atoms with Gasteiger partial charge in [-0.15, -0.1) is 45.3 Å². The van der Waals surface area contributed by atoms with Gasteiger partial charge >= 0.3 is 0 Å². The average Bonchev–Trinajstić information content (AvgIpc) is 0.863. The largest absolute Gasteiger partial charge is 0.456 e. The summed E-state index contributed by atoms with van der Waals surface area (Å²) in [6.45, 7) is 0. The van der Waals surface area contributed by atoms with E-state index in [1.807, 2.05) is 255 Å². The monoisotopic (exact) mass is 1920 g/mol. The molecule has 144 heavy (non-hydrogen) atoms. The van der Waals surface area contributed by atoms with Gasteiger partial charge in [-0.1, -0.05) is 436 Å². The molecule has 6 heterocycles. The molecule has 0 aliphatic carbocycles. The van der Waals surface area contributed by atoms with Crippen LogP contribution in [0.5, 0.6) is 0 Å². The van der Waals surface area contributed by atoms with E-state index in [1.54, 1.807) is 51.4 Å². The van der Waals surface area contributed by atoms with Crippen molar-refractivity contribution in [3.8, 4) is 111 Å². The highest BCUT2D eigenvalue weighted by atomic mass is 32.1. The Morgan fingerprint density at radius 3 is 0.792 bits per heavy atom. The summed E-state index contributed by atoms with van der Waals surface area (Å²) in [5.74, 6) is 0. The minimum atomic E-state index is -0.441. The molecule has 0 saturated heterocycles. The van der Waals surface area contributed by atoms with Gasteiger partial charge in [0.05, 0.1) is 32.9 Å². The van der Waals surface area contributed by atoms with E-state index in [1.165, 1.54) is 46.4 Å². The Hall–Kier alpha value is -17.5. The van der Waals surface area contributed by atoms with Crippen LogP contribution in [0.2, 0.25) is 0 Å². The normalized spacial score (nSPS) is 14.2. The number of hydrogen-bond acceptors (Lipinski definition) is 6. The molecule has 0 unspecified atom stereocenters. The van der Waals surface area contributed by atoms with E-state index in [0.29, 0.717) is 72.4 Å². The lowest BCUT2D eigenvalue weighted by atomic mass is 9.85. The molecule has 6 aromatic heterocycles. The molecule has 6 heteroatoms. The third-order valence-corrected chi connectivity index (χ3v) is 32.7. The van der Waals surface area contributed by atoms with Crippen LogP contribution in [0.3, 0.4) is 0 Å². The molecular formula is C138H82O2S4. The van der Waals surface area contributed by atoms with Crippen LogP contribution in [0.4, 0.5) is 0 Å². The molecule has 0 N–H and O–H groups in total. The molecule has 31 aromatic rings. The molecule has 0 saturated carbocycles. The maximum atomic E-state index is 9.38. The number of hydrogen-bond donors (Lipinski definition) is 0. The fourth-order valence-corrected chi connectivity index (χ4v) is 26.2. The van der Waals surface area contributed by atoms with Crippen LogP contribution in [0.15, 0.2) is 506 Å². The number of furan rings is 2. The van der Waals surface area contributed by atoms with Crippen molar-refractivity contribution < 1.29 is 41.7 Å². The van der Waals surface area contributed by atoms with Crippen LogP contribution < -0.4 is 0 Å². The molecule has 0 radical (unpaired) electrons. The van der Waals surface area contributed by atoms with Crippen LogP contribution in [0.25, 0.3) is 300 Å². The predicted octanol–water partition coefficient (Wildman–Crippen LogP) is 41.9. The zero-order valence-electron chi connectivity index (χ0n) is 99.9. The fraction of sp³-hybridized carbons (Fsp3) is 0. The third-order valence-electron chi connectivity index (χ3n) is 28.0. The molecule has 25 aromatic carbocycles. The van der Waals surface area contributed by atoms with Crippen molar-refractivity contribution in [3.63, 3.8) is 0 Å². The number of fused-ring (bicyclic) bond motifs is 24. The molecule has 31 rings (SSSR count). The standard InChI is InChI=1S/C50H30S2.2C44H26OS/c1-2-14-40-39(13-1)47(33-27-23-31(24-28-33)35-17-9-19-43-37-11-5-7-21-45(37)51-49(35)43)41-15-3-4-16-42(41)48(40)34-29-25-32(26-30-34)36-18-10-20-44-38-12-6-8-22-46(38)52-50(36)44;1-3-14-35-33(12-1)42(28-22-20-27(21-23-28)29-24-25-32-31-11-6-8-19-40(31)46-41(32)26-29)34-13-2-4-15-36(34)43(35)38-17-9-16-37-30-10-5-7-18-39(30)45-44(37)38;1-3-13-37-35(11-1)43(28-19-17-27(18-20-28)29-21-23-32-31-9-5-7-15-39(31)45-40(32)25-29)36-12-2-4-14-38(36)44(37)30-22-24-34-33-10-6-8-16-41(33)46-42(34)26-30/h1-30H;2*1-26H/i1D,2D,3D,4D,13D,14D,15D,16D;1D,2D,3D,4D,12D,13D,14D,15D;1D,2D,3D,4D,11D,12D,13D,14D. The second-order valence-electron chi connectivity index (χ2n) is 35.8. The maximum Gasteiger partial charge on any atom is 0.143 e. The van der Waals surface area contributed by atoms with Crippen molar-refractivity contribution >= 4 is 235 Å². The summed E-state index contributed by atoms with van der Waals surface area (Å²) in [7, 11) is 0. The highest BCUT2D eigenvalue weighted by Gasteiger charge is 2.26. The smallest absolute Gasteiger partial charge is 0.143 e. The van der Waals surface area contributed by atoms with E-state index in [4.69, 9.17) is 25.3 Å². The predicted molar refractivity (Wildman–Crippen MR) is 625 cm³/mol. The van der Waals surface area contributed by atoms with Crippen LogP contribution >= 0.6 is 45.3 Å². The Kier molecular flexibility index (Phi) is 14.9. The van der Waals surface area contributed by atoms with Gasteiger partial charge < -0.3 is 8.83 Å². The topological polar surface area (TPSA) is 26.3 Å². The first-order valence-electron chi connectivity index (χ1n) is 59.1. The molecule has 0 aliphatic heterocycles. The molecule has 0 aliphatic rings. The van der Waals surface area contributed by atoms with Crippen LogP contribution in [-0.4, -0.2) is 0 Å². The second-order valence-corrected chi connectivity index (χ2v) is 40.1. The highest BCUT2D eigenvalue weighted by molar-refractivity contribution is 7.27. The van der Waals surface area contributed by atoms with Gasteiger partial charge in [0.2, 0.25) is 0 Å². The second kappa shape index (κ2) is 34.2. The summed E-state index contributed by atoms with van der Waals surface area (Å²) in [6, 6.07) is 107. The Labute approximate surface area is 878 Å². The number of thiophene rings is 4. The van der Waals surface area contributed by atoms with Crippen molar-refractivity contribution in [2.45, 2.75) is 0 Å². The maximum absolute atomic E-state index is 9.38. The van der Waals surface area contributed by atoms with Crippen molar-refractivity contribution in [1.29, 1.82) is 0 Å². The lowest BCUT2D eigenvalue weighted by Crippen LogP contribution is -1.91. The van der Waals surface area contributed by atoms with Crippen molar-refractivity contribution in [1.82, 2.24) is 0 Å². The molecule has 670 valence electrons. The Bertz CT molecular complexity index is 11800. The van der Waals surface area contributed by atoms with Gasteiger partial charge in [0, 0.05) is 113 Å². The summed E-state index contributed by atoms with van der Waals surface area (Å²) < 4.78 is 239. The summed E-state index contributed by atoms with van der Waals surface area (Å²) in [4.78, 5) is 0. The quantitative estimate of drug-likeness (QED) is 0.128. The molecule has 0 fully saturated rings. The summed E-state index contributed by atoms with van der Waals surface area (Å²) >= 11 is 6.80. The zero-order chi connectivity index (χ0) is 115. The minimum Gasteiger partial charge on any atom is -0.456 e. The Balaban J connectivity index is 0.000000115. The first-order valence-corrected chi connectivity index (χ1v) is 50.4. The van der Waals surface area contributed by atoms with E-state index in [2.05, 4.69) is 91.0 Å². The van der Waals surface area contributed by atoms with Crippen molar-refractivity contribution in [2.24, 2.45) is 0 Å². The summed E-state index contributed by atoms with van der Waals surface area (Å²) in [5, 5.41) is 15.2. The number of rotatable bonds is 10. The van der Waals surface area contributed by atoms with E-state index in [0.717, 1.165) is 111 Å². The van der Waals surface area contributed by atoms with Gasteiger partial charge in [0.25, 0.3) is 0 Å². The van der Waals surface area contributed by atoms with Crippen LogP contribution in [0, 0.1) is 0 Å². The molecule has 0 bridgehead atoms. The summed E-state index contributed by atoms with van der Waals surface area (Å²) in [5.41, 5.74) is 15.6. The minimum absolute atomic E-state index is 0.153. The molecule has 2 nitrogen and oxygen atoms in total. The lowest BCUT2D eigenvalue weighted by Gasteiger charge is -2.18. The van der Waals surface area contributed by atoms with Gasteiger partial charge in [-0.25, -0.2) is 0 Å². The lowest BCUT2D eigenvalue weighted by molar-refractivity contribution is 0.669. The number of para-hydroxylation sites is 3. The van der Waals surface area contributed by atoms with Gasteiger partial charge in [-0.2, -0.15) is 0 Å². The van der Waals surface area contributed by atoms with E-state index >= 15 is 0 Å². The highest BCUT2D eigenvalue weighted by Crippen LogP contribution is 2.53. The Morgan fingerprint density at radius 1 is 0.146 bits per heavy atom. The SMILES string of the molecule is [2H]c1c([2H])c([2H])c2c(-c3ccc(-c4cccc5c4sc4ccccc45)cc3)c3c([2H])c([2H])c([2H])c([2H])c3c(-c3ccc(-c4cccc5c4sc4ccccc45)cc3)c2c1[2H].[2H]c1c([2H])c([2H])c2c(-c3ccc4c(c3)sc3ccccc34)c3c([2H])c([2H])c([2H])c([2H])c3c(-c3ccc(-c4ccc5c(c4)oc4ccccc45)cc3)c2c1[2H].[2H]c1c([2H])c([2H])c2c(-c3cccc4c3oc3ccccc34)c3c([2H])c([2H])c([2H])c([2H])c3c(-c3ccc(-c4ccc5c(c4)sc4ccccc45)cc3)c2c1[2H]. The van der Waals surface area contributed by atoms with Crippen LogP contribution in [0.1, 0.15) is 32.9 Å². The number of benzene rings is 25. The van der Waals surface area contributed by atoms with Crippen molar-refractivity contribution in [3.05, 3.63) is 497 Å². The average molecular weight is 1920 g/mol. The van der Waals surface area contributed by atoms with Gasteiger partial charge in [0.1, 0.15) is 22.3 Å². The summed E-state index contributed by atoms with van der Waals surface area (Å²) in [6.07, 6.45) is 0. The van der Waals surface area contributed by atoms with E-state index in [-0.39, 0.29) is 143 Å². The van der Waals surface area contributed by atoms with Gasteiger partial charge in [-0.3, -0.25) is 0 Å². The molecule has 0 spiro atoms. The van der Waals surface area contributed by atoms with E-state index in [9.17, 15) is 16.4 Å². The van der Waals surface area contributed by atoms with Gasteiger partial charge in [-0.05, 0) is 225 Å². The fourth-order valence-electron chi connectivity index (χ4n) is 21.5. The zero-order valence-corrected chi connectivity index (χ0v) is 79.2. The molecular weight excluding hydrogens is 1820 g/mol. The molecule has 0 atom stereocenters. The van der Waals surface area contributed by atoms with Crippen LogP contribution in [-0.2, 0) is 0 Å². The van der Waals surface area contributed by atoms with Crippen molar-refractivity contribution in [2.75, 3.05) is 0 Å². The first kappa shape index (κ1) is 62.6. The Morgan fingerprint density at radius 2 is 0.396 bits per heavy atom. The first-order chi connectivity index (χ1) is 81.4. The third kappa shape index (κ3) is 13.8. The van der Waals surface area contributed by atoms with Gasteiger partial charge in [0.15, 0.2) is 0 Å².